The van der Waals surface area contributed by atoms with Gasteiger partial charge in [0, 0.05) is 6.20 Å². The van der Waals surface area contributed by atoms with Crippen LogP contribution in [-0.2, 0) is 19.8 Å². The molecule has 1 saturated heterocycles. The first-order valence-electron chi connectivity index (χ1n) is 7.34. The largest absolute Gasteiger partial charge is 0.480 e. The lowest BCUT2D eigenvalue weighted by molar-refractivity contribution is -0.139. The van der Waals surface area contributed by atoms with E-state index in [4.69, 9.17) is 9.84 Å². The van der Waals surface area contributed by atoms with Crippen molar-refractivity contribution in [2.75, 3.05) is 13.7 Å². The van der Waals surface area contributed by atoms with Gasteiger partial charge in [-0.25, -0.2) is 4.79 Å². The number of nitrogens with zero attached hydrogens (tertiary/aromatic N) is 2. The molecule has 1 aliphatic heterocycles. The molecular weight excluding hydrogens is 394 g/mol. The van der Waals surface area contributed by atoms with Crippen molar-refractivity contribution in [3.63, 3.8) is 0 Å². The molecule has 6 N–H and O–H groups in total. The minimum atomic E-state index is -5.46. The molecule has 0 amide bonds. The Morgan fingerprint density at radius 2 is 1.93 bits per heavy atom. The van der Waals surface area contributed by atoms with Crippen molar-refractivity contribution in [1.29, 1.82) is 0 Å². The van der Waals surface area contributed by atoms with Crippen LogP contribution in [0, 0.1) is 0 Å². The summed E-state index contributed by atoms with van der Waals surface area (Å²) in [6.07, 6.45) is -5.99. The third-order valence-electron chi connectivity index (χ3n) is 3.97. The topological polar surface area (TPSA) is 218 Å². The number of aromatic nitrogens is 2. The summed E-state index contributed by atoms with van der Waals surface area (Å²) in [5.41, 5.74) is -4.09. The molecule has 2 heterocycles. The number of aliphatic carboxylic acids is 1. The molecule has 2 rings (SSSR count). The highest BCUT2D eigenvalue weighted by Crippen LogP contribution is 2.28. The number of hydrogen-bond acceptors (Lipinski definition) is 10. The Morgan fingerprint density at radius 3 is 2.33 bits per heavy atom. The van der Waals surface area contributed by atoms with Crippen molar-refractivity contribution >= 4 is 16.3 Å². The first-order chi connectivity index (χ1) is 12.4. The average molecular weight is 411 g/mol. The number of likely N-dealkylation sites (N-methyl/N-ethyl adjacent to an activating group) is 1. The Kier molecular flexibility index (Phi) is 5.85. The van der Waals surface area contributed by atoms with Crippen molar-refractivity contribution in [2.45, 2.75) is 30.6 Å². The molecule has 14 nitrogen and oxygen atoms in total. The van der Waals surface area contributed by atoms with E-state index in [0.717, 1.165) is 7.05 Å². The number of carboxylic acid groups (broad SMARTS) is 1. The van der Waals surface area contributed by atoms with Crippen LogP contribution >= 0.6 is 0 Å². The maximum atomic E-state index is 12.4. The predicted octanol–water partition coefficient (Wildman–Crippen LogP) is -4.38. The van der Waals surface area contributed by atoms with Crippen LogP contribution < -0.4 is 16.6 Å². The molecule has 0 radical (unpaired) electrons. The standard InChI is InChI=1S/C12H17N3O11S/c1-13-6(11(20)21)4-2-14(10-8(18)7(17)5(3-16)26-10)12(22)15(9(4)19)27(23,24)25/h2,5-8,10,13,16-18H,3H2,1H3,(H,20,21)(H,23,24,25)/t5-,6?,7-,8-,10-/m1/s1. The molecule has 1 aromatic rings. The number of aliphatic hydroxyl groups excluding tert-OH is 3. The number of hydrogen-bond donors (Lipinski definition) is 6. The molecule has 15 heteroatoms. The van der Waals surface area contributed by atoms with Crippen LogP contribution in [0.4, 0.5) is 0 Å². The third kappa shape index (κ3) is 3.65. The smallest absolute Gasteiger partial charge is 0.370 e. The Balaban J connectivity index is 2.81. The molecule has 152 valence electrons. The molecule has 0 aliphatic carbocycles. The summed E-state index contributed by atoms with van der Waals surface area (Å²) in [5.74, 6) is -1.61. The first kappa shape index (κ1) is 21.2. The van der Waals surface area contributed by atoms with Crippen LogP contribution in [-0.4, -0.2) is 79.9 Å². The SMILES string of the molecule is CNC(C(=O)O)c1cn([C@@H]2O[C@H](CO)[C@@H](O)[C@H]2O)c(=O)n(S(=O)(=O)O)c1=O. The average Bonchev–Trinajstić information content (AvgIpc) is 2.84. The molecule has 0 aromatic carbocycles. The van der Waals surface area contributed by atoms with E-state index in [0.29, 0.717) is 10.8 Å². The maximum Gasteiger partial charge on any atom is 0.370 e. The van der Waals surface area contributed by atoms with Crippen molar-refractivity contribution < 1.29 is 42.9 Å². The van der Waals surface area contributed by atoms with Crippen LogP contribution in [0.15, 0.2) is 15.8 Å². The fourth-order valence-corrected chi connectivity index (χ4v) is 3.28. The van der Waals surface area contributed by atoms with E-state index < -0.39 is 74.2 Å². The van der Waals surface area contributed by atoms with E-state index in [1.165, 1.54) is 0 Å². The van der Waals surface area contributed by atoms with E-state index in [-0.39, 0.29) is 0 Å². The van der Waals surface area contributed by atoms with Gasteiger partial charge in [-0.05, 0) is 7.05 Å². The van der Waals surface area contributed by atoms with Gasteiger partial charge < -0.3 is 30.5 Å². The number of ether oxygens (including phenoxy) is 1. The van der Waals surface area contributed by atoms with Gasteiger partial charge in [-0.15, -0.1) is 3.97 Å². The molecule has 1 fully saturated rings. The Hall–Kier alpha value is -2.14. The monoisotopic (exact) mass is 411 g/mol. The lowest BCUT2D eigenvalue weighted by Crippen LogP contribution is -2.49. The fourth-order valence-electron chi connectivity index (χ4n) is 2.67. The van der Waals surface area contributed by atoms with Crippen molar-refractivity contribution in [3.05, 3.63) is 32.6 Å². The summed E-state index contributed by atoms with van der Waals surface area (Å²) in [6.45, 7) is -0.761. The number of aliphatic hydroxyl groups is 3. The third-order valence-corrected chi connectivity index (χ3v) is 4.76. The zero-order valence-electron chi connectivity index (χ0n) is 13.7. The van der Waals surface area contributed by atoms with Gasteiger partial charge in [0.2, 0.25) is 0 Å². The van der Waals surface area contributed by atoms with Crippen LogP contribution in [0.25, 0.3) is 0 Å². The predicted molar refractivity (Wildman–Crippen MR) is 84.4 cm³/mol. The van der Waals surface area contributed by atoms with Gasteiger partial charge in [-0.3, -0.25) is 18.7 Å². The Labute approximate surface area is 150 Å². The zero-order valence-corrected chi connectivity index (χ0v) is 14.5. The molecular formula is C12H17N3O11S. The Bertz CT molecular complexity index is 952. The van der Waals surface area contributed by atoms with E-state index >= 15 is 0 Å². The summed E-state index contributed by atoms with van der Waals surface area (Å²) < 4.78 is 37.0. The van der Waals surface area contributed by atoms with Crippen LogP contribution in [0.5, 0.6) is 0 Å². The van der Waals surface area contributed by atoms with Crippen molar-refractivity contribution in [1.82, 2.24) is 13.9 Å². The number of carboxylic acids is 1. The van der Waals surface area contributed by atoms with E-state index in [9.17, 15) is 42.7 Å². The van der Waals surface area contributed by atoms with E-state index in [2.05, 4.69) is 5.32 Å². The van der Waals surface area contributed by atoms with Gasteiger partial charge in [0.05, 0.1) is 12.2 Å². The highest BCUT2D eigenvalue weighted by Gasteiger charge is 2.44. The molecule has 0 saturated carbocycles. The number of carbonyl (C=O) groups is 1. The normalized spacial score (nSPS) is 26.9. The van der Waals surface area contributed by atoms with Gasteiger partial charge in [0.15, 0.2) is 6.23 Å². The molecule has 1 aliphatic rings. The molecule has 27 heavy (non-hydrogen) atoms. The molecule has 0 spiro atoms. The quantitative estimate of drug-likeness (QED) is 0.245. The van der Waals surface area contributed by atoms with Gasteiger partial charge in [-0.1, -0.05) is 0 Å². The second-order valence-corrected chi connectivity index (χ2v) is 6.87. The maximum absolute atomic E-state index is 12.4. The second-order valence-electron chi connectivity index (χ2n) is 5.61. The summed E-state index contributed by atoms with van der Waals surface area (Å²) in [6, 6.07) is -1.78. The minimum absolute atomic E-state index is 0.335. The number of nitrogens with one attached hydrogen (secondary N) is 1. The lowest BCUT2D eigenvalue weighted by Gasteiger charge is -2.21. The fraction of sp³-hybridized carbons (Fsp3) is 0.583. The molecule has 1 unspecified atom stereocenters. The summed E-state index contributed by atoms with van der Waals surface area (Å²) >= 11 is 0. The van der Waals surface area contributed by atoms with Gasteiger partial charge in [0.1, 0.15) is 24.4 Å². The first-order valence-corrected chi connectivity index (χ1v) is 8.74. The Morgan fingerprint density at radius 1 is 1.33 bits per heavy atom. The molecule has 0 bridgehead atoms. The van der Waals surface area contributed by atoms with Crippen molar-refractivity contribution in [3.8, 4) is 0 Å². The van der Waals surface area contributed by atoms with Crippen LogP contribution in [0.3, 0.4) is 0 Å². The minimum Gasteiger partial charge on any atom is -0.480 e. The van der Waals surface area contributed by atoms with Gasteiger partial charge in [-0.2, -0.15) is 8.42 Å². The van der Waals surface area contributed by atoms with E-state index in [1.807, 2.05) is 0 Å². The lowest BCUT2D eigenvalue weighted by atomic mass is 10.1. The highest BCUT2D eigenvalue weighted by atomic mass is 32.2. The summed E-state index contributed by atoms with van der Waals surface area (Å²) in [7, 11) is -4.32. The summed E-state index contributed by atoms with van der Waals surface area (Å²) in [5, 5.41) is 40.3. The van der Waals surface area contributed by atoms with Gasteiger partial charge in [0.25, 0.3) is 5.56 Å². The zero-order chi connectivity index (χ0) is 20.7. The number of rotatable bonds is 6. The highest BCUT2D eigenvalue weighted by molar-refractivity contribution is 7.84. The van der Waals surface area contributed by atoms with Gasteiger partial charge >= 0.3 is 22.0 Å². The van der Waals surface area contributed by atoms with E-state index in [1.54, 1.807) is 0 Å². The second kappa shape index (κ2) is 7.47. The van der Waals surface area contributed by atoms with Crippen LogP contribution in [0.1, 0.15) is 17.8 Å². The molecule has 1 aromatic heterocycles. The van der Waals surface area contributed by atoms with Crippen molar-refractivity contribution in [2.24, 2.45) is 0 Å². The summed E-state index contributed by atoms with van der Waals surface area (Å²) in [4.78, 5) is 36.0. The van der Waals surface area contributed by atoms with Crippen LogP contribution in [0.2, 0.25) is 0 Å². The molecule has 5 atom stereocenters.